The molecular weight excluding hydrogens is 276 g/mol. The van der Waals surface area contributed by atoms with Crippen molar-refractivity contribution < 1.29 is 13.2 Å². The molecular formula is C14H20N2O3S. The number of fused-ring (bicyclic) bond motifs is 1. The molecule has 1 fully saturated rings. The Morgan fingerprint density at radius 2 is 2.05 bits per heavy atom. The molecule has 2 aliphatic heterocycles. The van der Waals surface area contributed by atoms with Crippen LogP contribution < -0.4 is 10.0 Å². The molecule has 20 heavy (non-hydrogen) atoms. The Balaban J connectivity index is 1.87. The molecule has 0 unspecified atom stereocenters. The molecule has 0 aromatic heterocycles. The molecule has 2 heterocycles. The molecule has 1 aromatic carbocycles. The van der Waals surface area contributed by atoms with E-state index < -0.39 is 10.0 Å². The summed E-state index contributed by atoms with van der Waals surface area (Å²) in [5.74, 6) is 0. The van der Waals surface area contributed by atoms with E-state index in [2.05, 4.69) is 10.0 Å². The van der Waals surface area contributed by atoms with Gasteiger partial charge >= 0.3 is 0 Å². The van der Waals surface area contributed by atoms with Gasteiger partial charge < -0.3 is 10.1 Å². The summed E-state index contributed by atoms with van der Waals surface area (Å²) in [5, 5.41) is 3.27. The first-order valence-electron chi connectivity index (χ1n) is 7.13. The average Bonchev–Trinajstić information content (AvgIpc) is 2.47. The summed E-state index contributed by atoms with van der Waals surface area (Å²) in [6, 6.07) is 5.44. The predicted octanol–water partition coefficient (Wildman–Crippen LogP) is 1.50. The van der Waals surface area contributed by atoms with Crippen molar-refractivity contribution in [3.05, 3.63) is 23.8 Å². The van der Waals surface area contributed by atoms with Crippen LogP contribution in [-0.4, -0.2) is 34.2 Å². The second kappa shape index (κ2) is 5.71. The molecule has 0 atom stereocenters. The Labute approximate surface area is 119 Å². The van der Waals surface area contributed by atoms with Crippen LogP contribution in [0.15, 0.2) is 23.1 Å². The lowest BCUT2D eigenvalue weighted by molar-refractivity contribution is 0.0832. The maximum atomic E-state index is 12.6. The number of anilines is 1. The Morgan fingerprint density at radius 1 is 1.25 bits per heavy atom. The summed E-state index contributed by atoms with van der Waals surface area (Å²) in [7, 11) is -3.45. The molecule has 0 saturated carbocycles. The van der Waals surface area contributed by atoms with Crippen LogP contribution in [0, 0.1) is 0 Å². The normalized spacial score (nSPS) is 20.2. The van der Waals surface area contributed by atoms with E-state index in [1.54, 1.807) is 12.1 Å². The first kappa shape index (κ1) is 13.9. The molecule has 110 valence electrons. The Morgan fingerprint density at radius 3 is 2.85 bits per heavy atom. The number of hydrogen-bond acceptors (Lipinski definition) is 4. The zero-order chi connectivity index (χ0) is 14.0. The molecule has 2 N–H and O–H groups in total. The van der Waals surface area contributed by atoms with Gasteiger partial charge in [0.15, 0.2) is 0 Å². The van der Waals surface area contributed by atoms with E-state index in [0.717, 1.165) is 43.5 Å². The molecule has 1 saturated heterocycles. The van der Waals surface area contributed by atoms with Gasteiger partial charge in [-0.25, -0.2) is 13.1 Å². The van der Waals surface area contributed by atoms with Crippen LogP contribution >= 0.6 is 0 Å². The molecule has 0 radical (unpaired) electrons. The topological polar surface area (TPSA) is 67.4 Å². The summed E-state index contributed by atoms with van der Waals surface area (Å²) in [4.78, 5) is 0.425. The maximum absolute atomic E-state index is 12.6. The highest BCUT2D eigenvalue weighted by atomic mass is 32.2. The van der Waals surface area contributed by atoms with Crippen LogP contribution in [0.5, 0.6) is 0 Å². The summed E-state index contributed by atoms with van der Waals surface area (Å²) in [6.07, 6.45) is 3.27. The van der Waals surface area contributed by atoms with Crippen molar-refractivity contribution >= 4 is 15.7 Å². The van der Waals surface area contributed by atoms with Gasteiger partial charge in [-0.05, 0) is 43.4 Å². The Bertz CT molecular complexity index is 580. The minimum atomic E-state index is -3.45. The summed E-state index contributed by atoms with van der Waals surface area (Å²) in [5.41, 5.74) is 1.87. The van der Waals surface area contributed by atoms with Crippen molar-refractivity contribution in [3.63, 3.8) is 0 Å². The quantitative estimate of drug-likeness (QED) is 0.887. The summed E-state index contributed by atoms with van der Waals surface area (Å²) >= 11 is 0. The molecule has 3 rings (SSSR count). The van der Waals surface area contributed by atoms with Crippen molar-refractivity contribution in [1.82, 2.24) is 4.72 Å². The fourth-order valence-electron chi connectivity index (χ4n) is 2.83. The van der Waals surface area contributed by atoms with Crippen LogP contribution in [0.1, 0.15) is 24.8 Å². The van der Waals surface area contributed by atoms with E-state index in [1.807, 2.05) is 6.07 Å². The molecule has 0 bridgehead atoms. The first-order chi connectivity index (χ1) is 9.67. The third-order valence-corrected chi connectivity index (χ3v) is 5.49. The van der Waals surface area contributed by atoms with E-state index in [4.69, 9.17) is 4.74 Å². The molecule has 6 heteroatoms. The fraction of sp³-hybridized carbons (Fsp3) is 0.571. The van der Waals surface area contributed by atoms with Gasteiger partial charge in [0.05, 0.1) is 4.90 Å². The number of sulfonamides is 1. The lowest BCUT2D eigenvalue weighted by Crippen LogP contribution is -2.39. The second-order valence-corrected chi connectivity index (χ2v) is 7.00. The lowest BCUT2D eigenvalue weighted by atomic mass is 10.0. The van der Waals surface area contributed by atoms with Crippen LogP contribution in [-0.2, 0) is 21.2 Å². The maximum Gasteiger partial charge on any atom is 0.241 e. The third kappa shape index (κ3) is 2.82. The van der Waals surface area contributed by atoms with E-state index in [0.29, 0.717) is 18.1 Å². The molecule has 2 aliphatic rings. The highest BCUT2D eigenvalue weighted by Gasteiger charge is 2.26. The van der Waals surface area contributed by atoms with Gasteiger partial charge in [-0.2, -0.15) is 0 Å². The number of hydrogen-bond donors (Lipinski definition) is 2. The third-order valence-electron chi connectivity index (χ3n) is 3.88. The molecule has 5 nitrogen and oxygen atoms in total. The number of nitrogens with one attached hydrogen (secondary N) is 2. The van der Waals surface area contributed by atoms with Gasteiger partial charge in [-0.3, -0.25) is 0 Å². The highest BCUT2D eigenvalue weighted by Crippen LogP contribution is 2.28. The lowest BCUT2D eigenvalue weighted by Gasteiger charge is -2.25. The van der Waals surface area contributed by atoms with Crippen LogP contribution in [0.3, 0.4) is 0 Å². The second-order valence-electron chi connectivity index (χ2n) is 5.32. The molecule has 0 amide bonds. The monoisotopic (exact) mass is 296 g/mol. The predicted molar refractivity (Wildman–Crippen MR) is 77.4 cm³/mol. The Hall–Kier alpha value is -1.11. The molecule has 1 aromatic rings. The zero-order valence-electron chi connectivity index (χ0n) is 11.4. The minimum absolute atomic E-state index is 0.0128. The van der Waals surface area contributed by atoms with Crippen LogP contribution in [0.2, 0.25) is 0 Å². The van der Waals surface area contributed by atoms with Crippen LogP contribution in [0.25, 0.3) is 0 Å². The number of rotatable bonds is 3. The van der Waals surface area contributed by atoms with Gasteiger partial charge in [0.2, 0.25) is 10.0 Å². The van der Waals surface area contributed by atoms with E-state index in [9.17, 15) is 8.42 Å². The number of ether oxygens (including phenoxy) is 1. The molecule has 0 aliphatic carbocycles. The van der Waals surface area contributed by atoms with Crippen molar-refractivity contribution in [2.45, 2.75) is 36.6 Å². The van der Waals surface area contributed by atoms with Crippen molar-refractivity contribution in [2.24, 2.45) is 0 Å². The molecule has 0 spiro atoms. The van der Waals surface area contributed by atoms with Crippen molar-refractivity contribution in [3.8, 4) is 0 Å². The van der Waals surface area contributed by atoms with Gasteiger partial charge in [0.25, 0.3) is 0 Å². The first-order valence-corrected chi connectivity index (χ1v) is 8.61. The fourth-order valence-corrected chi connectivity index (χ4v) is 4.42. The van der Waals surface area contributed by atoms with Crippen molar-refractivity contribution in [2.75, 3.05) is 25.1 Å². The van der Waals surface area contributed by atoms with Gasteiger partial charge in [0.1, 0.15) is 0 Å². The van der Waals surface area contributed by atoms with Crippen molar-refractivity contribution in [1.29, 1.82) is 0 Å². The van der Waals surface area contributed by atoms with E-state index in [-0.39, 0.29) is 6.04 Å². The highest BCUT2D eigenvalue weighted by molar-refractivity contribution is 7.89. The SMILES string of the molecule is O=S(=O)(NC1CCOCC1)c1cccc2c1CCCN2. The van der Waals surface area contributed by atoms with E-state index in [1.165, 1.54) is 0 Å². The number of benzene rings is 1. The van der Waals surface area contributed by atoms with Gasteiger partial charge in [-0.1, -0.05) is 6.07 Å². The smallest absolute Gasteiger partial charge is 0.241 e. The average molecular weight is 296 g/mol. The Kier molecular flexibility index (Phi) is 3.96. The van der Waals surface area contributed by atoms with Crippen LogP contribution in [0.4, 0.5) is 5.69 Å². The van der Waals surface area contributed by atoms with Gasteiger partial charge in [-0.15, -0.1) is 0 Å². The summed E-state index contributed by atoms with van der Waals surface area (Å²) in [6.45, 7) is 2.16. The largest absolute Gasteiger partial charge is 0.385 e. The van der Waals surface area contributed by atoms with E-state index >= 15 is 0 Å². The van der Waals surface area contributed by atoms with Gasteiger partial charge in [0, 0.05) is 31.5 Å². The zero-order valence-corrected chi connectivity index (χ0v) is 12.2. The minimum Gasteiger partial charge on any atom is -0.385 e. The summed E-state index contributed by atoms with van der Waals surface area (Å²) < 4.78 is 33.3. The standard InChI is InChI=1S/C14H20N2O3S/c17-20(18,16-11-6-9-19-10-7-11)14-5-1-4-13-12(14)3-2-8-15-13/h1,4-5,11,15-16H,2-3,6-10H2.